The molecule has 0 unspecified atom stereocenters. The van der Waals surface area contributed by atoms with Gasteiger partial charge in [-0.15, -0.1) is 0 Å². The number of carbonyl (C=O) groups excluding carboxylic acids is 1. The Morgan fingerprint density at radius 3 is 2.17 bits per heavy atom. The van der Waals surface area contributed by atoms with Crippen LogP contribution in [0.3, 0.4) is 0 Å². The van der Waals surface area contributed by atoms with Crippen molar-refractivity contribution in [3.05, 3.63) is 0 Å². The summed E-state index contributed by atoms with van der Waals surface area (Å²) in [5.41, 5.74) is 0. The van der Waals surface area contributed by atoms with E-state index in [9.17, 15) is 4.79 Å². The van der Waals surface area contributed by atoms with Gasteiger partial charge in [0, 0.05) is 6.04 Å². The van der Waals surface area contributed by atoms with Crippen molar-refractivity contribution < 1.29 is 9.53 Å². The Hall–Kier alpha value is -0.0900. The Labute approximate surface area is 82.0 Å². The van der Waals surface area contributed by atoms with Gasteiger partial charge in [0.05, 0.1) is 17.3 Å². The van der Waals surface area contributed by atoms with Gasteiger partial charge in [-0.25, -0.2) is 9.10 Å². The fourth-order valence-electron chi connectivity index (χ4n) is 0.572. The Morgan fingerprint density at radius 2 is 1.92 bits per heavy atom. The quantitative estimate of drug-likeness (QED) is 0.672. The molecule has 0 bridgehead atoms. The molecule has 0 spiro atoms. The summed E-state index contributed by atoms with van der Waals surface area (Å²) in [5.74, 6) is 0. The van der Waals surface area contributed by atoms with Gasteiger partial charge in [-0.05, 0) is 38.4 Å². The number of carbonyl (C=O) groups is 1. The van der Waals surface area contributed by atoms with E-state index in [-0.39, 0.29) is 18.2 Å². The molecule has 0 atom stereocenters. The molecule has 12 heavy (non-hydrogen) atoms. The van der Waals surface area contributed by atoms with Crippen molar-refractivity contribution in [2.45, 2.75) is 39.8 Å². The lowest BCUT2D eigenvalue weighted by molar-refractivity contribution is 0.0945. The highest BCUT2D eigenvalue weighted by Gasteiger charge is 2.19. The van der Waals surface area contributed by atoms with Gasteiger partial charge in [0.15, 0.2) is 0 Å². The van der Waals surface area contributed by atoms with E-state index < -0.39 is 0 Å². The van der Waals surface area contributed by atoms with Gasteiger partial charge in [0.2, 0.25) is 0 Å². The Morgan fingerprint density at radius 1 is 1.42 bits per heavy atom. The van der Waals surface area contributed by atoms with Gasteiger partial charge in [-0.3, -0.25) is 0 Å². The smallest absolute Gasteiger partial charge is 0.421 e. The van der Waals surface area contributed by atoms with Crippen LogP contribution in [0.4, 0.5) is 4.79 Å². The third kappa shape index (κ3) is 4.07. The number of halogens is 1. The fraction of sp³-hybridized carbons (Fsp3) is 0.857. The average molecular weight is 212 g/mol. The maximum Gasteiger partial charge on any atom is 0.421 e. The highest BCUT2D eigenvalue weighted by atomic mass is 35.7. The fourth-order valence-corrected chi connectivity index (χ4v) is 1.48. The zero-order valence-electron chi connectivity index (χ0n) is 7.70. The van der Waals surface area contributed by atoms with Crippen molar-refractivity contribution >= 4 is 27.9 Å². The van der Waals surface area contributed by atoms with Crippen LogP contribution in [0.15, 0.2) is 0 Å². The molecular weight excluding hydrogens is 198 g/mol. The molecule has 0 N–H and O–H groups in total. The van der Waals surface area contributed by atoms with E-state index >= 15 is 0 Å². The van der Waals surface area contributed by atoms with Crippen LogP contribution < -0.4 is 0 Å². The first-order valence-electron chi connectivity index (χ1n) is 3.77. The molecule has 3 nitrogen and oxygen atoms in total. The highest BCUT2D eigenvalue weighted by molar-refractivity contribution is 8.19. The van der Waals surface area contributed by atoms with E-state index in [2.05, 4.69) is 0 Å². The Balaban J connectivity index is 4.04. The maximum absolute atomic E-state index is 11.2. The molecule has 0 rings (SSSR count). The molecule has 0 aromatic carbocycles. The van der Waals surface area contributed by atoms with Crippen LogP contribution in [0.1, 0.15) is 27.7 Å². The summed E-state index contributed by atoms with van der Waals surface area (Å²) in [7, 11) is 5.48. The number of hydrogen-bond donors (Lipinski definition) is 0. The van der Waals surface area contributed by atoms with Gasteiger partial charge >= 0.3 is 6.09 Å². The van der Waals surface area contributed by atoms with E-state index in [0.29, 0.717) is 0 Å². The number of rotatable bonds is 3. The zero-order valence-corrected chi connectivity index (χ0v) is 9.28. The lowest BCUT2D eigenvalue weighted by Gasteiger charge is -2.22. The molecule has 0 aliphatic rings. The highest BCUT2D eigenvalue weighted by Crippen LogP contribution is 2.19. The molecule has 0 heterocycles. The lowest BCUT2D eigenvalue weighted by atomic mass is 10.4. The molecule has 0 aliphatic carbocycles. The van der Waals surface area contributed by atoms with Crippen molar-refractivity contribution in [2.75, 3.05) is 0 Å². The second-order valence-corrected chi connectivity index (χ2v) is 3.87. The number of ether oxygens (including phenoxy) is 1. The molecule has 1 amide bonds. The SMILES string of the molecule is CC(C)OC(=O)N(SCl)C(C)C. The van der Waals surface area contributed by atoms with Crippen molar-refractivity contribution in [3.8, 4) is 0 Å². The number of amides is 1. The van der Waals surface area contributed by atoms with E-state index in [4.69, 9.17) is 15.4 Å². The summed E-state index contributed by atoms with van der Waals surface area (Å²) in [5, 5.41) is 0. The summed E-state index contributed by atoms with van der Waals surface area (Å²) < 4.78 is 6.32. The number of hydrogen-bond acceptors (Lipinski definition) is 3. The minimum absolute atomic E-state index is 0.0405. The predicted octanol–water partition coefficient (Wildman–Crippen LogP) is 3.04. The molecule has 0 aliphatic heterocycles. The van der Waals surface area contributed by atoms with E-state index in [0.717, 1.165) is 11.2 Å². The van der Waals surface area contributed by atoms with Crippen LogP contribution in [0.25, 0.3) is 0 Å². The zero-order chi connectivity index (χ0) is 9.72. The van der Waals surface area contributed by atoms with E-state index in [1.54, 1.807) is 13.8 Å². The normalized spacial score (nSPS) is 10.6. The third-order valence-electron chi connectivity index (χ3n) is 1.06. The third-order valence-corrected chi connectivity index (χ3v) is 2.23. The summed E-state index contributed by atoms with van der Waals surface area (Å²) in [6, 6.07) is 0.0405. The maximum atomic E-state index is 11.2. The topological polar surface area (TPSA) is 29.5 Å². The van der Waals surface area contributed by atoms with E-state index in [1.165, 1.54) is 4.31 Å². The molecule has 0 aromatic heterocycles. The van der Waals surface area contributed by atoms with Crippen LogP contribution in [0.2, 0.25) is 0 Å². The molecule has 0 saturated heterocycles. The van der Waals surface area contributed by atoms with E-state index in [1.807, 2.05) is 13.8 Å². The van der Waals surface area contributed by atoms with Gasteiger partial charge in [-0.2, -0.15) is 0 Å². The van der Waals surface area contributed by atoms with Crippen LogP contribution in [0.5, 0.6) is 0 Å². The Kier molecular flexibility index (Phi) is 5.50. The average Bonchev–Trinajstić information content (AvgIpc) is 1.85. The molecule has 72 valence electrons. The van der Waals surface area contributed by atoms with Crippen LogP contribution in [0, 0.1) is 0 Å². The van der Waals surface area contributed by atoms with Crippen LogP contribution in [-0.4, -0.2) is 22.5 Å². The Bertz CT molecular complexity index is 152. The van der Waals surface area contributed by atoms with Crippen molar-refractivity contribution in [1.82, 2.24) is 4.31 Å². The summed E-state index contributed by atoms with van der Waals surface area (Å²) in [6.45, 7) is 7.35. The number of nitrogens with zero attached hydrogens (tertiary/aromatic N) is 1. The molecule has 5 heteroatoms. The van der Waals surface area contributed by atoms with Crippen molar-refractivity contribution in [1.29, 1.82) is 0 Å². The van der Waals surface area contributed by atoms with Crippen LogP contribution in [-0.2, 0) is 4.74 Å². The van der Waals surface area contributed by atoms with Gasteiger partial charge < -0.3 is 4.74 Å². The summed E-state index contributed by atoms with van der Waals surface area (Å²) in [4.78, 5) is 11.2. The minimum atomic E-state index is -0.389. The predicted molar refractivity (Wildman–Crippen MR) is 52.0 cm³/mol. The molecular formula is C7H14ClNO2S. The first-order valence-corrected chi connectivity index (χ1v) is 5.37. The first-order chi connectivity index (χ1) is 5.49. The van der Waals surface area contributed by atoms with Crippen molar-refractivity contribution in [2.24, 2.45) is 0 Å². The monoisotopic (exact) mass is 211 g/mol. The first kappa shape index (κ1) is 11.9. The minimum Gasteiger partial charge on any atom is -0.446 e. The molecule has 0 saturated carbocycles. The van der Waals surface area contributed by atoms with Gasteiger partial charge in [0.25, 0.3) is 0 Å². The molecule has 0 fully saturated rings. The second kappa shape index (κ2) is 5.54. The largest absolute Gasteiger partial charge is 0.446 e. The van der Waals surface area contributed by atoms with Gasteiger partial charge in [0.1, 0.15) is 0 Å². The lowest BCUT2D eigenvalue weighted by Crippen LogP contribution is -2.31. The summed E-state index contributed by atoms with van der Waals surface area (Å²) in [6.07, 6.45) is -0.498. The van der Waals surface area contributed by atoms with Crippen molar-refractivity contribution in [3.63, 3.8) is 0 Å². The second-order valence-electron chi connectivity index (χ2n) is 2.92. The summed E-state index contributed by atoms with van der Waals surface area (Å²) >= 11 is 0.859. The van der Waals surface area contributed by atoms with Gasteiger partial charge in [-0.1, -0.05) is 0 Å². The van der Waals surface area contributed by atoms with Crippen LogP contribution >= 0.6 is 21.8 Å². The molecule has 0 radical (unpaired) electrons. The standard InChI is InChI=1S/C7H14ClNO2S/c1-5(2)9(12-8)7(10)11-6(3)4/h5-6H,1-4H3. The molecule has 0 aromatic rings.